The molecule has 7 rings (SSSR count). The third-order valence-corrected chi connectivity index (χ3v) is 7.58. The average molecular weight is 540 g/mol. The summed E-state index contributed by atoms with van der Waals surface area (Å²) in [6.07, 6.45) is 12.6. The quantitative estimate of drug-likeness (QED) is 0.211. The Kier molecular flexibility index (Phi) is 7.06. The van der Waals surface area contributed by atoms with Crippen LogP contribution in [0.2, 0.25) is 0 Å². The van der Waals surface area contributed by atoms with E-state index in [2.05, 4.69) is 120 Å². The minimum Gasteiger partial charge on any atom is -0.256 e. The maximum Gasteiger partial charge on any atom is 0.0715 e. The fraction of sp³-hybridized carbons (Fsp3) is 0.0513. The lowest BCUT2D eigenvalue weighted by molar-refractivity contribution is 1.04. The molecule has 0 saturated carbocycles. The Bertz CT molecular complexity index is 1890. The molecule has 3 heterocycles. The van der Waals surface area contributed by atoms with Crippen molar-refractivity contribution in [3.8, 4) is 56.0 Å². The van der Waals surface area contributed by atoms with Crippen LogP contribution in [0.5, 0.6) is 0 Å². The van der Waals surface area contributed by atoms with Crippen LogP contribution >= 0.6 is 0 Å². The van der Waals surface area contributed by atoms with Crippen LogP contribution in [0, 0.1) is 0 Å². The summed E-state index contributed by atoms with van der Waals surface area (Å²) in [7, 11) is 0. The molecular weight excluding hydrogens is 510 g/mol. The zero-order chi connectivity index (χ0) is 28.1. The number of allylic oxidation sites excluding steroid dienone is 4. The van der Waals surface area contributed by atoms with Crippen LogP contribution in [0.15, 0.2) is 152 Å². The molecule has 1 aliphatic rings. The molecule has 0 aliphatic heterocycles. The topological polar surface area (TPSA) is 38.7 Å². The minimum absolute atomic E-state index is 0.921. The maximum atomic E-state index is 5.11. The highest BCUT2D eigenvalue weighted by molar-refractivity contribution is 5.84. The number of hydrogen-bond acceptors (Lipinski definition) is 3. The molecule has 0 bridgehead atoms. The highest BCUT2D eigenvalue weighted by Crippen LogP contribution is 2.35. The standard InChI is InChI=1S/C39H29N3/c1-4-12-28(13-5-1)31-19-20-37(41-27-31)35-23-32(22-34(24-35)36-18-10-11-21-40-36)33-25-38(29-14-6-2-7-15-29)42-39(26-33)30-16-8-3-9-17-30/h1-2,4-8,10-27H,3,9H2. The molecular formula is C39H29N3. The van der Waals surface area contributed by atoms with Crippen molar-refractivity contribution >= 4 is 5.57 Å². The largest absolute Gasteiger partial charge is 0.256 e. The summed E-state index contributed by atoms with van der Waals surface area (Å²) in [6.45, 7) is 0. The summed E-state index contributed by atoms with van der Waals surface area (Å²) in [5.41, 5.74) is 12.6. The van der Waals surface area contributed by atoms with Crippen LogP contribution in [0.4, 0.5) is 0 Å². The first-order valence-corrected chi connectivity index (χ1v) is 14.3. The monoisotopic (exact) mass is 539 g/mol. The smallest absolute Gasteiger partial charge is 0.0715 e. The van der Waals surface area contributed by atoms with Gasteiger partial charge in [-0.3, -0.25) is 9.97 Å². The van der Waals surface area contributed by atoms with Crippen molar-refractivity contribution in [3.63, 3.8) is 0 Å². The van der Waals surface area contributed by atoms with E-state index in [9.17, 15) is 0 Å². The number of benzene rings is 3. The second-order valence-corrected chi connectivity index (χ2v) is 10.4. The lowest BCUT2D eigenvalue weighted by Crippen LogP contribution is -1.96. The zero-order valence-electron chi connectivity index (χ0n) is 23.2. The summed E-state index contributed by atoms with van der Waals surface area (Å²) in [4.78, 5) is 14.7. The van der Waals surface area contributed by atoms with Gasteiger partial charge in [-0.2, -0.15) is 0 Å². The molecule has 0 atom stereocenters. The molecule has 0 amide bonds. The van der Waals surface area contributed by atoms with Gasteiger partial charge in [0.1, 0.15) is 0 Å². The van der Waals surface area contributed by atoms with Crippen molar-refractivity contribution in [1.29, 1.82) is 0 Å². The van der Waals surface area contributed by atoms with E-state index in [1.807, 2.05) is 36.7 Å². The fourth-order valence-corrected chi connectivity index (χ4v) is 5.39. The highest BCUT2D eigenvalue weighted by atomic mass is 14.7. The van der Waals surface area contributed by atoms with Gasteiger partial charge in [0.05, 0.1) is 22.8 Å². The number of pyridine rings is 3. The predicted octanol–water partition coefficient (Wildman–Crippen LogP) is 9.94. The third-order valence-electron chi connectivity index (χ3n) is 7.58. The van der Waals surface area contributed by atoms with Crippen LogP contribution in [0.1, 0.15) is 18.5 Å². The SMILES string of the molecule is C1=CC(c2cc(-c3cc(-c4ccccn4)cc(-c4ccc(-c5ccccc5)cn4)c3)cc(-c3ccccc3)n2)=CCC1. The summed E-state index contributed by atoms with van der Waals surface area (Å²) >= 11 is 0. The van der Waals surface area contributed by atoms with E-state index in [1.54, 1.807) is 0 Å². The lowest BCUT2D eigenvalue weighted by Gasteiger charge is -2.14. The Morgan fingerprint density at radius 3 is 1.76 bits per heavy atom. The van der Waals surface area contributed by atoms with Crippen molar-refractivity contribution in [3.05, 3.63) is 158 Å². The van der Waals surface area contributed by atoms with Crippen molar-refractivity contribution in [1.82, 2.24) is 15.0 Å². The molecule has 42 heavy (non-hydrogen) atoms. The summed E-state index contributed by atoms with van der Waals surface area (Å²) in [5.74, 6) is 0. The first kappa shape index (κ1) is 25.6. The molecule has 6 aromatic rings. The molecule has 3 heteroatoms. The number of rotatable bonds is 6. The number of hydrogen-bond donors (Lipinski definition) is 0. The van der Waals surface area contributed by atoms with Gasteiger partial charge in [0.25, 0.3) is 0 Å². The molecule has 0 radical (unpaired) electrons. The lowest BCUT2D eigenvalue weighted by atomic mass is 9.94. The van der Waals surface area contributed by atoms with Crippen molar-refractivity contribution < 1.29 is 0 Å². The van der Waals surface area contributed by atoms with Crippen molar-refractivity contribution in [2.45, 2.75) is 12.8 Å². The molecule has 1 aliphatic carbocycles. The second-order valence-electron chi connectivity index (χ2n) is 10.4. The highest BCUT2D eigenvalue weighted by Gasteiger charge is 2.14. The first-order chi connectivity index (χ1) is 20.8. The van der Waals surface area contributed by atoms with E-state index in [-0.39, 0.29) is 0 Å². The number of aromatic nitrogens is 3. The molecule has 0 spiro atoms. The van der Waals surface area contributed by atoms with E-state index in [4.69, 9.17) is 9.97 Å². The fourth-order valence-electron chi connectivity index (χ4n) is 5.39. The predicted molar refractivity (Wildman–Crippen MR) is 173 cm³/mol. The summed E-state index contributed by atoms with van der Waals surface area (Å²) in [6, 6.07) is 42.1. The maximum absolute atomic E-state index is 5.11. The zero-order valence-corrected chi connectivity index (χ0v) is 23.2. The van der Waals surface area contributed by atoms with Crippen LogP contribution in [0.25, 0.3) is 61.6 Å². The molecule has 0 saturated heterocycles. The Morgan fingerprint density at radius 1 is 0.429 bits per heavy atom. The van der Waals surface area contributed by atoms with Gasteiger partial charge in [0.15, 0.2) is 0 Å². The Labute approximate surface area is 246 Å². The van der Waals surface area contributed by atoms with Crippen LogP contribution in [0.3, 0.4) is 0 Å². The van der Waals surface area contributed by atoms with Gasteiger partial charge in [-0.25, -0.2) is 4.98 Å². The van der Waals surface area contributed by atoms with Gasteiger partial charge in [0, 0.05) is 34.6 Å². The van der Waals surface area contributed by atoms with Crippen molar-refractivity contribution in [2.24, 2.45) is 0 Å². The van der Waals surface area contributed by atoms with E-state index in [1.165, 1.54) is 5.57 Å². The average Bonchev–Trinajstić information content (AvgIpc) is 3.09. The molecule has 3 nitrogen and oxygen atoms in total. The minimum atomic E-state index is 0.921. The molecule has 0 fully saturated rings. The Hall–Kier alpha value is -5.41. The summed E-state index contributed by atoms with van der Waals surface area (Å²) in [5, 5.41) is 0. The van der Waals surface area contributed by atoms with Crippen LogP contribution in [-0.4, -0.2) is 15.0 Å². The van der Waals surface area contributed by atoms with Gasteiger partial charge in [0.2, 0.25) is 0 Å². The van der Waals surface area contributed by atoms with E-state index >= 15 is 0 Å². The third kappa shape index (κ3) is 5.45. The Balaban J connectivity index is 1.38. The van der Waals surface area contributed by atoms with Gasteiger partial charge in [-0.15, -0.1) is 0 Å². The molecule has 0 N–H and O–H groups in total. The van der Waals surface area contributed by atoms with E-state index in [0.29, 0.717) is 0 Å². The molecule has 3 aromatic heterocycles. The molecule has 3 aromatic carbocycles. The van der Waals surface area contributed by atoms with Gasteiger partial charge in [-0.05, 0) is 83.6 Å². The van der Waals surface area contributed by atoms with Crippen LogP contribution in [-0.2, 0) is 0 Å². The van der Waals surface area contributed by atoms with Gasteiger partial charge in [-0.1, -0.05) is 91.0 Å². The van der Waals surface area contributed by atoms with Gasteiger partial charge < -0.3 is 0 Å². The van der Waals surface area contributed by atoms with E-state index < -0.39 is 0 Å². The Morgan fingerprint density at radius 2 is 1.10 bits per heavy atom. The van der Waals surface area contributed by atoms with E-state index in [0.717, 1.165) is 74.6 Å². The summed E-state index contributed by atoms with van der Waals surface area (Å²) < 4.78 is 0. The normalized spacial score (nSPS) is 12.6. The molecule has 200 valence electrons. The number of nitrogens with zero attached hydrogens (tertiary/aromatic N) is 3. The second kappa shape index (κ2) is 11.6. The molecule has 0 unspecified atom stereocenters. The van der Waals surface area contributed by atoms with Crippen LogP contribution < -0.4 is 0 Å². The first-order valence-electron chi connectivity index (χ1n) is 14.3. The van der Waals surface area contributed by atoms with Crippen molar-refractivity contribution in [2.75, 3.05) is 0 Å². The van der Waals surface area contributed by atoms with Gasteiger partial charge >= 0.3 is 0 Å².